The minimum atomic E-state index is -0.0228. The van der Waals surface area contributed by atoms with E-state index < -0.39 is 0 Å². The molecule has 31 heavy (non-hydrogen) atoms. The molecule has 2 aliphatic heterocycles. The lowest BCUT2D eigenvalue weighted by atomic mass is 9.95. The number of piperidine rings is 1. The van der Waals surface area contributed by atoms with Gasteiger partial charge in [0.1, 0.15) is 5.82 Å². The summed E-state index contributed by atoms with van der Waals surface area (Å²) in [5.41, 5.74) is 2.29. The average molecular weight is 438 g/mol. The first-order chi connectivity index (χ1) is 15.1. The smallest absolute Gasteiger partial charge is 0.253 e. The van der Waals surface area contributed by atoms with E-state index in [-0.39, 0.29) is 23.7 Å². The quantitative estimate of drug-likeness (QED) is 0.680. The zero-order chi connectivity index (χ0) is 21.4. The van der Waals surface area contributed by atoms with Crippen LogP contribution in [0.4, 0.5) is 0 Å². The zero-order valence-electron chi connectivity index (χ0n) is 17.1. The summed E-state index contributed by atoms with van der Waals surface area (Å²) in [6.45, 7) is 2.63. The highest BCUT2D eigenvalue weighted by Gasteiger charge is 2.35. The van der Waals surface area contributed by atoms with Gasteiger partial charge < -0.3 is 14.8 Å². The largest absolute Gasteiger partial charge is 0.342 e. The maximum Gasteiger partial charge on any atom is 0.253 e. The first-order valence-electron chi connectivity index (χ1n) is 10.7. The van der Waals surface area contributed by atoms with Crippen LogP contribution in [-0.2, 0) is 4.79 Å². The van der Waals surface area contributed by atoms with Crippen molar-refractivity contribution in [1.82, 2.24) is 24.8 Å². The number of likely N-dealkylation sites (tertiary alicyclic amines) is 2. The van der Waals surface area contributed by atoms with Gasteiger partial charge in [-0.05, 0) is 55.7 Å². The van der Waals surface area contributed by atoms with E-state index in [9.17, 15) is 9.59 Å². The second kappa shape index (κ2) is 8.30. The zero-order valence-corrected chi connectivity index (χ0v) is 17.9. The Labute approximate surface area is 185 Å². The fourth-order valence-electron chi connectivity index (χ4n) is 4.60. The van der Waals surface area contributed by atoms with Crippen molar-refractivity contribution < 1.29 is 9.59 Å². The Hall–Kier alpha value is -2.93. The third kappa shape index (κ3) is 4.02. The summed E-state index contributed by atoms with van der Waals surface area (Å²) in [4.78, 5) is 41.8. The molecule has 0 spiro atoms. The minimum Gasteiger partial charge on any atom is -0.342 e. The van der Waals surface area contributed by atoms with Gasteiger partial charge in [-0.15, -0.1) is 0 Å². The first-order valence-corrected chi connectivity index (χ1v) is 11.1. The Kier molecular flexibility index (Phi) is 5.36. The number of H-pyrrole nitrogens is 1. The van der Waals surface area contributed by atoms with Gasteiger partial charge in [-0.2, -0.15) is 0 Å². The molecule has 2 aromatic heterocycles. The highest BCUT2D eigenvalue weighted by atomic mass is 35.5. The van der Waals surface area contributed by atoms with Gasteiger partial charge in [0.2, 0.25) is 5.91 Å². The van der Waals surface area contributed by atoms with Crippen LogP contribution >= 0.6 is 11.6 Å². The number of aromatic nitrogens is 3. The van der Waals surface area contributed by atoms with Gasteiger partial charge in [0, 0.05) is 54.8 Å². The van der Waals surface area contributed by atoms with Crippen molar-refractivity contribution in [3.05, 3.63) is 59.0 Å². The topological polar surface area (TPSA) is 82.2 Å². The molecule has 1 unspecified atom stereocenters. The molecule has 1 N–H and O–H groups in total. The number of nitrogens with zero attached hydrogens (tertiary/aromatic N) is 4. The van der Waals surface area contributed by atoms with Gasteiger partial charge in [0.15, 0.2) is 5.65 Å². The van der Waals surface area contributed by atoms with Gasteiger partial charge in [-0.25, -0.2) is 9.97 Å². The third-order valence-electron chi connectivity index (χ3n) is 6.38. The standard InChI is InChI=1S/C23H24ClN5O2/c24-18-5-3-15(4-6-18)22(30)28-11-7-16(8-12-28)23(31)29-13-9-17(14-29)20-26-19-2-1-10-25-21(19)27-20/h1-6,10,16-17H,7-9,11-14H2,(H,25,26,27). The summed E-state index contributed by atoms with van der Waals surface area (Å²) in [6.07, 6.45) is 4.04. The third-order valence-corrected chi connectivity index (χ3v) is 6.64. The van der Waals surface area contributed by atoms with E-state index in [1.165, 1.54) is 0 Å². The van der Waals surface area contributed by atoms with Crippen molar-refractivity contribution in [2.45, 2.75) is 25.2 Å². The van der Waals surface area contributed by atoms with Crippen molar-refractivity contribution in [3.63, 3.8) is 0 Å². The molecule has 160 valence electrons. The molecular weight excluding hydrogens is 414 g/mol. The van der Waals surface area contributed by atoms with Crippen LogP contribution in [0.1, 0.15) is 41.4 Å². The number of amides is 2. The number of imidazole rings is 1. The minimum absolute atomic E-state index is 0.00213. The van der Waals surface area contributed by atoms with E-state index >= 15 is 0 Å². The van der Waals surface area contributed by atoms with Crippen molar-refractivity contribution in [3.8, 4) is 0 Å². The van der Waals surface area contributed by atoms with Crippen LogP contribution in [0.15, 0.2) is 42.6 Å². The van der Waals surface area contributed by atoms with Crippen LogP contribution < -0.4 is 0 Å². The van der Waals surface area contributed by atoms with E-state index in [2.05, 4.69) is 15.0 Å². The molecule has 3 aromatic rings. The van der Waals surface area contributed by atoms with E-state index in [0.717, 1.165) is 30.0 Å². The van der Waals surface area contributed by atoms with Crippen molar-refractivity contribution in [2.24, 2.45) is 5.92 Å². The van der Waals surface area contributed by atoms with Gasteiger partial charge >= 0.3 is 0 Å². The molecule has 0 bridgehead atoms. The number of carbonyl (C=O) groups is 2. The Morgan fingerprint density at radius 2 is 1.74 bits per heavy atom. The highest BCUT2D eigenvalue weighted by Crippen LogP contribution is 2.29. The number of carbonyl (C=O) groups excluding carboxylic acids is 2. The molecule has 2 fully saturated rings. The number of aromatic amines is 1. The lowest BCUT2D eigenvalue weighted by Gasteiger charge is -2.33. The number of pyridine rings is 1. The first kappa shape index (κ1) is 20.0. The Morgan fingerprint density at radius 3 is 2.48 bits per heavy atom. The van der Waals surface area contributed by atoms with E-state index in [1.807, 2.05) is 21.9 Å². The van der Waals surface area contributed by atoms with Crippen LogP contribution in [-0.4, -0.2) is 62.7 Å². The second-order valence-electron chi connectivity index (χ2n) is 8.34. The Balaban J connectivity index is 1.17. The fourth-order valence-corrected chi connectivity index (χ4v) is 4.73. The summed E-state index contributed by atoms with van der Waals surface area (Å²) in [5.74, 6) is 1.31. The number of fused-ring (bicyclic) bond motifs is 1. The van der Waals surface area contributed by atoms with Crippen LogP contribution in [0.2, 0.25) is 5.02 Å². The average Bonchev–Trinajstić information content (AvgIpc) is 3.46. The summed E-state index contributed by atoms with van der Waals surface area (Å²) >= 11 is 5.91. The fraction of sp³-hybridized carbons (Fsp3) is 0.391. The predicted molar refractivity (Wildman–Crippen MR) is 118 cm³/mol. The van der Waals surface area contributed by atoms with Gasteiger partial charge in [0.05, 0.1) is 5.52 Å². The molecule has 0 saturated carbocycles. The number of hydrogen-bond acceptors (Lipinski definition) is 4. The molecule has 1 atom stereocenters. The SMILES string of the molecule is O=C(c1ccc(Cl)cc1)N1CCC(C(=O)N2CCC(c3nc4ncccc4[nH]3)C2)CC1. The number of halogens is 1. The summed E-state index contributed by atoms with van der Waals surface area (Å²) in [5, 5.41) is 0.615. The lowest BCUT2D eigenvalue weighted by molar-refractivity contribution is -0.135. The van der Waals surface area contributed by atoms with Crippen molar-refractivity contribution in [1.29, 1.82) is 0 Å². The molecule has 5 rings (SSSR count). The number of benzene rings is 1. The molecule has 4 heterocycles. The molecule has 1 aromatic carbocycles. The van der Waals surface area contributed by atoms with E-state index in [0.29, 0.717) is 43.1 Å². The Morgan fingerprint density at radius 1 is 1.00 bits per heavy atom. The Bertz CT molecular complexity index is 1070. The molecule has 0 aliphatic carbocycles. The summed E-state index contributed by atoms with van der Waals surface area (Å²) in [6, 6.07) is 10.8. The van der Waals surface area contributed by atoms with Crippen molar-refractivity contribution in [2.75, 3.05) is 26.2 Å². The maximum atomic E-state index is 13.1. The number of nitrogens with one attached hydrogen (secondary N) is 1. The molecule has 2 aliphatic rings. The van der Waals surface area contributed by atoms with E-state index in [4.69, 9.17) is 11.6 Å². The molecule has 0 radical (unpaired) electrons. The number of rotatable bonds is 3. The van der Waals surface area contributed by atoms with E-state index in [1.54, 1.807) is 30.5 Å². The highest BCUT2D eigenvalue weighted by molar-refractivity contribution is 6.30. The lowest BCUT2D eigenvalue weighted by Crippen LogP contribution is -2.43. The van der Waals surface area contributed by atoms with Crippen molar-refractivity contribution >= 4 is 34.6 Å². The summed E-state index contributed by atoms with van der Waals surface area (Å²) < 4.78 is 0. The number of hydrogen-bond donors (Lipinski definition) is 1. The molecule has 7 nitrogen and oxygen atoms in total. The molecule has 8 heteroatoms. The van der Waals surface area contributed by atoms with Crippen LogP contribution in [0, 0.1) is 5.92 Å². The van der Waals surface area contributed by atoms with Gasteiger partial charge in [-0.3, -0.25) is 9.59 Å². The molecular formula is C23H24ClN5O2. The molecule has 2 amide bonds. The van der Waals surface area contributed by atoms with Crippen LogP contribution in [0.25, 0.3) is 11.2 Å². The monoisotopic (exact) mass is 437 g/mol. The second-order valence-corrected chi connectivity index (χ2v) is 8.78. The maximum absolute atomic E-state index is 13.1. The summed E-state index contributed by atoms with van der Waals surface area (Å²) in [7, 11) is 0. The van der Waals surface area contributed by atoms with Crippen LogP contribution in [0.3, 0.4) is 0 Å². The van der Waals surface area contributed by atoms with Gasteiger partial charge in [0.25, 0.3) is 5.91 Å². The predicted octanol–water partition coefficient (Wildman–Crippen LogP) is 3.48. The normalized spacial score (nSPS) is 19.8. The molecule has 2 saturated heterocycles. The van der Waals surface area contributed by atoms with Gasteiger partial charge in [-0.1, -0.05) is 11.6 Å². The van der Waals surface area contributed by atoms with Crippen LogP contribution in [0.5, 0.6) is 0 Å².